The molecule has 0 bridgehead atoms. The maximum atomic E-state index is 5.22. The van der Waals surface area contributed by atoms with Gasteiger partial charge in [-0.1, -0.05) is 6.42 Å². The summed E-state index contributed by atoms with van der Waals surface area (Å²) in [7, 11) is 3.43. The first-order valence-corrected chi connectivity index (χ1v) is 4.62. The Hall–Kier alpha value is -0.120. The highest BCUT2D eigenvalue weighted by atomic mass is 16.5. The number of hydrogen-bond donors (Lipinski definition) is 1. The van der Waals surface area contributed by atoms with Gasteiger partial charge < -0.3 is 14.8 Å². The van der Waals surface area contributed by atoms with E-state index in [1.165, 1.54) is 19.3 Å². The first kappa shape index (κ1) is 9.96. The fraction of sp³-hybridized carbons (Fsp3) is 1.00. The van der Waals surface area contributed by atoms with Crippen LogP contribution in [-0.4, -0.2) is 39.5 Å². The molecule has 3 nitrogen and oxygen atoms in total. The Morgan fingerprint density at radius 1 is 1.42 bits per heavy atom. The van der Waals surface area contributed by atoms with Gasteiger partial charge in [-0.25, -0.2) is 0 Å². The molecule has 1 atom stereocenters. The standard InChI is InChI=1S/C9H19NO2/c1-11-7-9(12-2)6-10-8-4-3-5-8/h8-10H,3-7H2,1-2H3. The molecule has 0 aromatic carbocycles. The van der Waals surface area contributed by atoms with Crippen LogP contribution in [0.5, 0.6) is 0 Å². The Kier molecular flexibility index (Phi) is 4.58. The maximum Gasteiger partial charge on any atom is 0.0928 e. The van der Waals surface area contributed by atoms with Crippen LogP contribution in [0.3, 0.4) is 0 Å². The summed E-state index contributed by atoms with van der Waals surface area (Å²) in [5.74, 6) is 0. The normalized spacial score (nSPS) is 20.5. The Morgan fingerprint density at radius 3 is 2.58 bits per heavy atom. The van der Waals surface area contributed by atoms with E-state index in [2.05, 4.69) is 5.32 Å². The third-order valence-corrected chi connectivity index (χ3v) is 2.43. The molecular formula is C9H19NO2. The highest BCUT2D eigenvalue weighted by molar-refractivity contribution is 4.77. The highest BCUT2D eigenvalue weighted by Gasteiger charge is 2.17. The lowest BCUT2D eigenvalue weighted by Crippen LogP contribution is -2.41. The molecule has 1 rings (SSSR count). The zero-order chi connectivity index (χ0) is 8.81. The second-order valence-corrected chi connectivity index (χ2v) is 3.35. The van der Waals surface area contributed by atoms with Crippen molar-refractivity contribution in [2.45, 2.75) is 31.4 Å². The minimum absolute atomic E-state index is 0.204. The molecule has 3 heteroatoms. The van der Waals surface area contributed by atoms with E-state index in [-0.39, 0.29) is 6.10 Å². The van der Waals surface area contributed by atoms with Crippen LogP contribution in [0.15, 0.2) is 0 Å². The zero-order valence-electron chi connectivity index (χ0n) is 8.01. The predicted molar refractivity (Wildman–Crippen MR) is 48.3 cm³/mol. The summed E-state index contributed by atoms with van der Waals surface area (Å²) in [6, 6.07) is 0.736. The lowest BCUT2D eigenvalue weighted by atomic mass is 9.93. The van der Waals surface area contributed by atoms with Gasteiger partial charge in [0.2, 0.25) is 0 Å². The molecule has 1 N–H and O–H groups in total. The summed E-state index contributed by atoms with van der Waals surface area (Å²) >= 11 is 0. The Balaban J connectivity index is 2.01. The van der Waals surface area contributed by atoms with Crippen molar-refractivity contribution >= 4 is 0 Å². The van der Waals surface area contributed by atoms with Gasteiger partial charge in [-0.2, -0.15) is 0 Å². The van der Waals surface area contributed by atoms with Gasteiger partial charge in [0.25, 0.3) is 0 Å². The molecule has 0 aromatic rings. The third kappa shape index (κ3) is 3.09. The largest absolute Gasteiger partial charge is 0.382 e. The van der Waals surface area contributed by atoms with Gasteiger partial charge in [-0.05, 0) is 12.8 Å². The van der Waals surface area contributed by atoms with E-state index in [9.17, 15) is 0 Å². The van der Waals surface area contributed by atoms with E-state index in [0.29, 0.717) is 6.61 Å². The van der Waals surface area contributed by atoms with E-state index in [1.54, 1.807) is 14.2 Å². The van der Waals surface area contributed by atoms with Gasteiger partial charge in [-0.3, -0.25) is 0 Å². The van der Waals surface area contributed by atoms with Crippen LogP contribution in [0.4, 0.5) is 0 Å². The van der Waals surface area contributed by atoms with Crippen molar-refractivity contribution in [2.24, 2.45) is 0 Å². The van der Waals surface area contributed by atoms with Crippen LogP contribution in [0.2, 0.25) is 0 Å². The Morgan fingerprint density at radius 2 is 2.17 bits per heavy atom. The second kappa shape index (κ2) is 5.51. The molecule has 72 valence electrons. The summed E-state index contributed by atoms with van der Waals surface area (Å²) in [5.41, 5.74) is 0. The third-order valence-electron chi connectivity index (χ3n) is 2.43. The molecule has 0 spiro atoms. The van der Waals surface area contributed by atoms with Crippen LogP contribution in [0.1, 0.15) is 19.3 Å². The van der Waals surface area contributed by atoms with Gasteiger partial charge >= 0.3 is 0 Å². The van der Waals surface area contributed by atoms with Gasteiger partial charge in [0.1, 0.15) is 0 Å². The smallest absolute Gasteiger partial charge is 0.0928 e. The maximum absolute atomic E-state index is 5.22. The molecule has 0 amide bonds. The van der Waals surface area contributed by atoms with E-state index in [1.807, 2.05) is 0 Å². The van der Waals surface area contributed by atoms with Crippen LogP contribution >= 0.6 is 0 Å². The fourth-order valence-electron chi connectivity index (χ4n) is 1.31. The molecule has 1 aliphatic rings. The van der Waals surface area contributed by atoms with Crippen LogP contribution < -0.4 is 5.32 Å². The van der Waals surface area contributed by atoms with Gasteiger partial charge in [0.05, 0.1) is 12.7 Å². The van der Waals surface area contributed by atoms with Crippen molar-refractivity contribution in [3.05, 3.63) is 0 Å². The van der Waals surface area contributed by atoms with Crippen molar-refractivity contribution < 1.29 is 9.47 Å². The molecule has 0 aliphatic heterocycles. The van der Waals surface area contributed by atoms with Crippen molar-refractivity contribution in [3.63, 3.8) is 0 Å². The summed E-state index contributed by atoms with van der Waals surface area (Å²) in [6.07, 6.45) is 4.22. The Labute approximate surface area is 74.4 Å². The number of ether oxygens (including phenoxy) is 2. The van der Waals surface area contributed by atoms with Gasteiger partial charge in [-0.15, -0.1) is 0 Å². The average molecular weight is 173 g/mol. The lowest BCUT2D eigenvalue weighted by Gasteiger charge is -2.28. The zero-order valence-corrected chi connectivity index (χ0v) is 8.01. The molecule has 12 heavy (non-hydrogen) atoms. The molecule has 1 saturated carbocycles. The number of rotatable bonds is 6. The lowest BCUT2D eigenvalue weighted by molar-refractivity contribution is 0.0257. The summed E-state index contributed by atoms with van der Waals surface area (Å²) in [6.45, 7) is 1.59. The van der Waals surface area contributed by atoms with Crippen molar-refractivity contribution in [1.82, 2.24) is 5.32 Å². The molecule has 0 heterocycles. The molecule has 1 unspecified atom stereocenters. The number of methoxy groups -OCH3 is 2. The van der Waals surface area contributed by atoms with Crippen LogP contribution in [0, 0.1) is 0 Å². The SMILES string of the molecule is COCC(CNC1CCC1)OC. The van der Waals surface area contributed by atoms with Gasteiger partial charge in [0, 0.05) is 26.8 Å². The topological polar surface area (TPSA) is 30.5 Å². The Bertz CT molecular complexity index is 115. The minimum atomic E-state index is 0.204. The minimum Gasteiger partial charge on any atom is -0.382 e. The predicted octanol–water partition coefficient (Wildman–Crippen LogP) is 0.790. The molecule has 1 fully saturated rings. The fourth-order valence-corrected chi connectivity index (χ4v) is 1.31. The molecule has 0 saturated heterocycles. The van der Waals surface area contributed by atoms with Crippen molar-refractivity contribution in [3.8, 4) is 0 Å². The summed E-state index contributed by atoms with van der Waals surface area (Å²) in [4.78, 5) is 0. The number of hydrogen-bond acceptors (Lipinski definition) is 3. The van der Waals surface area contributed by atoms with Crippen molar-refractivity contribution in [1.29, 1.82) is 0 Å². The van der Waals surface area contributed by atoms with E-state index in [4.69, 9.17) is 9.47 Å². The monoisotopic (exact) mass is 173 g/mol. The van der Waals surface area contributed by atoms with Crippen molar-refractivity contribution in [2.75, 3.05) is 27.4 Å². The van der Waals surface area contributed by atoms with E-state index < -0.39 is 0 Å². The van der Waals surface area contributed by atoms with Crippen LogP contribution in [-0.2, 0) is 9.47 Å². The highest BCUT2D eigenvalue weighted by Crippen LogP contribution is 2.17. The molecule has 1 aliphatic carbocycles. The molecule has 0 radical (unpaired) electrons. The summed E-state index contributed by atoms with van der Waals surface area (Å²) < 4.78 is 10.2. The first-order valence-electron chi connectivity index (χ1n) is 4.62. The first-order chi connectivity index (χ1) is 5.86. The van der Waals surface area contributed by atoms with Gasteiger partial charge in [0.15, 0.2) is 0 Å². The quantitative estimate of drug-likeness (QED) is 0.644. The van der Waals surface area contributed by atoms with Crippen LogP contribution in [0.25, 0.3) is 0 Å². The summed E-state index contributed by atoms with van der Waals surface area (Å²) in [5, 5.41) is 3.45. The second-order valence-electron chi connectivity index (χ2n) is 3.35. The average Bonchev–Trinajstić information content (AvgIpc) is 2.00. The molecular weight excluding hydrogens is 154 g/mol. The van der Waals surface area contributed by atoms with E-state index in [0.717, 1.165) is 12.6 Å². The number of nitrogens with one attached hydrogen (secondary N) is 1. The molecule has 0 aromatic heterocycles. The van der Waals surface area contributed by atoms with E-state index >= 15 is 0 Å².